The van der Waals surface area contributed by atoms with Gasteiger partial charge in [0.15, 0.2) is 17.5 Å². The third-order valence-corrected chi connectivity index (χ3v) is 21.6. The van der Waals surface area contributed by atoms with Crippen molar-refractivity contribution in [1.82, 2.24) is 69.0 Å². The monoisotopic (exact) mass is 1940 g/mol. The maximum atomic E-state index is 14.0. The number of nitrogens with zero attached hydrogens (tertiary/aromatic N) is 22. The molecule has 7 aromatic carbocycles. The standard InChI is InChI=1S/C26H27N5O3.C23H18F5N7O2.C22H18F5N5O3.C22H19F3N8O/c1-16(2)34-24-13-6-18-15-30(20-9-12-22-23(14-20)29(4)17(3)27-22)26(32)31(25(18)28-24)19-7-10-21(33-5)11-8-19;1-33-10-13-8-15(4-7-17(13)32-33)34-11-18-20(31-19(9-29-18)30-12-23(26,27)28)35(22(34)36)14-2-5-16(6-3-14)37-21(24)25;1-34-15-6-2-13(3-7-15)31-11-17-19(30-18(10-28-17)29-12-22(25,26)27)32(21(31)33)14-4-8-16(9-5-14)35-20(23)24;1-13-3-4-17(9-26-13)33-19-15(8-27-20(29-19)28-12-22(23,24)25)11-32(21(33)34)16-5-6-18-14(7-16)10-31(2)30-18/h6-14,16H,15H2,1-5H3;2-10,21H,11-12H2,1H3,(H,30,31);2-10,20H,11-12H2,1H3,(H,29,30);3-10H,11-12H2,1-2H3,(H,27,28,29)/i5D3;;;. The van der Waals surface area contributed by atoms with Crippen LogP contribution < -0.4 is 78.8 Å². The molecule has 140 heavy (non-hydrogen) atoms. The fourth-order valence-corrected chi connectivity index (χ4v) is 15.1. The van der Waals surface area contributed by atoms with Gasteiger partial charge in [0, 0.05) is 96.1 Å². The van der Waals surface area contributed by atoms with Crippen molar-refractivity contribution < 1.29 is 104 Å². The molecular formula is C93H82F13N25O9. The van der Waals surface area contributed by atoms with Crippen LogP contribution >= 0.6 is 0 Å². The smallest absolute Gasteiger partial charge is 0.405 e. The number of halogens is 13. The topological polar surface area (TPSA) is 333 Å². The van der Waals surface area contributed by atoms with E-state index in [1.54, 1.807) is 111 Å². The molecule has 34 nitrogen and oxygen atoms in total. The van der Waals surface area contributed by atoms with Crippen molar-refractivity contribution in [3.05, 3.63) is 247 Å². The van der Waals surface area contributed by atoms with Gasteiger partial charge < -0.3 is 44.2 Å². The number of benzene rings is 7. The summed E-state index contributed by atoms with van der Waals surface area (Å²) in [5, 5.41) is 16.8. The van der Waals surface area contributed by atoms with Crippen LogP contribution in [0, 0.1) is 13.8 Å². The van der Waals surface area contributed by atoms with Gasteiger partial charge in [0.2, 0.25) is 11.8 Å². The number of amides is 8. The molecule has 0 fully saturated rings. The minimum Gasteiger partial charge on any atom is -0.497 e. The van der Waals surface area contributed by atoms with Gasteiger partial charge in [-0.15, -0.1) is 0 Å². The van der Waals surface area contributed by atoms with Gasteiger partial charge in [-0.05, 0) is 198 Å². The number of alkyl halides is 13. The van der Waals surface area contributed by atoms with Crippen LogP contribution in [0.15, 0.2) is 213 Å². The second-order valence-corrected chi connectivity index (χ2v) is 31.8. The van der Waals surface area contributed by atoms with Crippen molar-refractivity contribution in [3.8, 4) is 28.9 Å². The Balaban J connectivity index is 0.000000137. The lowest BCUT2D eigenvalue weighted by Crippen LogP contribution is -2.46. The molecular weight excluding hydrogens is 1860 g/mol. The summed E-state index contributed by atoms with van der Waals surface area (Å²) < 4.78 is 216. The van der Waals surface area contributed by atoms with Gasteiger partial charge in [-0.25, -0.2) is 58.7 Å². The molecule has 19 rings (SSSR count). The summed E-state index contributed by atoms with van der Waals surface area (Å²) >= 11 is 0. The summed E-state index contributed by atoms with van der Waals surface area (Å²) in [6.07, 6.45) is -4.60. The number of aryl methyl sites for hydroxylation is 5. The van der Waals surface area contributed by atoms with Crippen LogP contribution in [-0.4, -0.2) is 165 Å². The molecule has 0 radical (unpaired) electrons. The molecule has 8 amide bonds. The Labute approximate surface area is 791 Å². The number of carbonyl (C=O) groups excluding carboxylic acids is 4. The number of rotatable bonds is 22. The number of pyridine rings is 2. The second kappa shape index (κ2) is 39.8. The number of carbonyl (C=O) groups is 4. The minimum absolute atomic E-state index is 0.00385. The Kier molecular flexibility index (Phi) is 26.2. The third-order valence-electron chi connectivity index (χ3n) is 21.6. The highest BCUT2D eigenvalue weighted by Crippen LogP contribution is 2.44. The first-order valence-electron chi connectivity index (χ1n) is 43.8. The summed E-state index contributed by atoms with van der Waals surface area (Å²) in [7, 11) is 4.46. The molecule has 0 bridgehead atoms. The number of hydrogen-bond acceptors (Lipinski definition) is 23. The maximum absolute atomic E-state index is 14.0. The normalized spacial score (nSPS) is 14.2. The van der Waals surface area contributed by atoms with Crippen LogP contribution in [-0.2, 0) is 47.3 Å². The van der Waals surface area contributed by atoms with Crippen LogP contribution in [0.25, 0.3) is 32.8 Å². The Bertz CT molecular complexity index is 7220. The SMILES string of the molecule is COc1ccc(N2Cc3ncc(NCC(F)(F)F)nc3N(c3ccc(OC(F)F)cc3)C2=O)cc1.Cc1ccc(N2C(=O)N(c3ccc4nn(C)cc4c3)Cc3cnc(NCC(F)(F)F)nc32)cn1.Cn1cc2cc(N3Cc4ncc(NCC(F)(F)F)nc4N(c4ccc(OC(F)F)cc4)C3=O)ccc2n1.[2H]C([2H])([2H])Oc1ccc(N2C(=O)N(c3ccc4nc(C)n(C)c4c3)Cc3ccc(OC(C)C)nc32)cc1. The lowest BCUT2D eigenvalue weighted by molar-refractivity contribution is -0.116. The highest BCUT2D eigenvalue weighted by molar-refractivity contribution is 6.14. The fraction of sp³-hybridized carbons (Fsp3) is 0.237. The number of methoxy groups -OCH3 is 2. The van der Waals surface area contributed by atoms with E-state index in [2.05, 4.69) is 80.5 Å². The average Bonchev–Trinajstić information content (AvgIpc) is 1.42. The molecule has 47 heteroatoms. The van der Waals surface area contributed by atoms with E-state index in [4.69, 9.17) is 18.3 Å². The molecule has 0 saturated carbocycles. The van der Waals surface area contributed by atoms with Crippen LogP contribution in [0.1, 0.15) is 52.0 Å². The Morgan fingerprint density at radius 2 is 0.814 bits per heavy atom. The Morgan fingerprint density at radius 3 is 1.28 bits per heavy atom. The number of nitrogens with one attached hydrogen (secondary N) is 3. The third kappa shape index (κ3) is 21.9. The summed E-state index contributed by atoms with van der Waals surface area (Å²) in [6.45, 7) is -2.01. The van der Waals surface area contributed by atoms with E-state index in [-0.39, 0.29) is 95.4 Å². The molecule has 0 aliphatic carbocycles. The number of aromatic nitrogens is 14. The first kappa shape index (κ1) is 92.1. The highest BCUT2D eigenvalue weighted by Gasteiger charge is 2.42. The molecule has 0 atom stereocenters. The van der Waals surface area contributed by atoms with Gasteiger partial charge in [0.25, 0.3) is 0 Å². The van der Waals surface area contributed by atoms with Crippen LogP contribution in [0.4, 0.5) is 163 Å². The molecule has 3 N–H and O–H groups in total. The maximum Gasteiger partial charge on any atom is 0.405 e. The first-order valence-corrected chi connectivity index (χ1v) is 42.3. The van der Waals surface area contributed by atoms with E-state index in [0.717, 1.165) is 77.8 Å². The Hall–Kier alpha value is -16.9. The van der Waals surface area contributed by atoms with Gasteiger partial charge >= 0.3 is 55.9 Å². The quantitative estimate of drug-likeness (QED) is 0.0531. The summed E-state index contributed by atoms with van der Waals surface area (Å²) in [5.74, 6) is 1.87. The van der Waals surface area contributed by atoms with Gasteiger partial charge in [0.05, 0.1) is 114 Å². The predicted molar refractivity (Wildman–Crippen MR) is 493 cm³/mol. The van der Waals surface area contributed by atoms with Crippen molar-refractivity contribution >= 4 is 143 Å². The van der Waals surface area contributed by atoms with Crippen molar-refractivity contribution in [1.29, 1.82) is 0 Å². The van der Waals surface area contributed by atoms with Gasteiger partial charge in [0.1, 0.15) is 77.3 Å². The zero-order chi connectivity index (χ0) is 102. The largest absolute Gasteiger partial charge is 0.497 e. The number of urea groups is 4. The van der Waals surface area contributed by atoms with E-state index in [1.165, 1.54) is 99.8 Å². The molecule has 724 valence electrons. The van der Waals surface area contributed by atoms with Gasteiger partial charge in [-0.1, -0.05) is 0 Å². The van der Waals surface area contributed by atoms with E-state index < -0.39 is 76.5 Å². The van der Waals surface area contributed by atoms with Crippen molar-refractivity contribution in [2.24, 2.45) is 21.1 Å². The van der Waals surface area contributed by atoms with Gasteiger partial charge in [-0.2, -0.15) is 77.2 Å². The lowest BCUT2D eigenvalue weighted by Gasteiger charge is -2.36. The molecule has 8 aromatic heterocycles. The molecule has 4 aliphatic heterocycles. The Morgan fingerprint density at radius 1 is 0.400 bits per heavy atom. The number of ether oxygens (including phenoxy) is 5. The van der Waals surface area contributed by atoms with Crippen molar-refractivity contribution in [2.75, 3.05) is 88.9 Å². The summed E-state index contributed by atoms with van der Waals surface area (Å²) in [6, 6.07) is 45.1. The number of fused-ring (bicyclic) bond motifs is 7. The second-order valence-electron chi connectivity index (χ2n) is 31.8. The molecule has 15 aromatic rings. The number of imidazole rings is 1. The fourth-order valence-electron chi connectivity index (χ4n) is 15.1. The predicted octanol–water partition coefficient (Wildman–Crippen LogP) is 20.2. The minimum atomic E-state index is -4.49. The van der Waals surface area contributed by atoms with Crippen LogP contribution in [0.2, 0.25) is 0 Å². The zero-order valence-corrected chi connectivity index (χ0v) is 74.8. The number of anilines is 15. The van der Waals surface area contributed by atoms with E-state index >= 15 is 0 Å². The van der Waals surface area contributed by atoms with Gasteiger partial charge in [-0.3, -0.25) is 43.9 Å². The molecule has 0 saturated heterocycles. The highest BCUT2D eigenvalue weighted by atomic mass is 19.4. The molecule has 0 unspecified atom stereocenters. The van der Waals surface area contributed by atoms with Crippen LogP contribution in [0.3, 0.4) is 0 Å². The van der Waals surface area contributed by atoms with E-state index in [0.29, 0.717) is 69.4 Å². The summed E-state index contributed by atoms with van der Waals surface area (Å²) in [4.78, 5) is 105. The molecule has 12 heterocycles. The van der Waals surface area contributed by atoms with E-state index in [1.807, 2.05) is 89.0 Å². The van der Waals surface area contributed by atoms with Crippen LogP contribution in [0.5, 0.6) is 28.9 Å². The van der Waals surface area contributed by atoms with Crippen molar-refractivity contribution in [3.63, 3.8) is 0 Å². The lowest BCUT2D eigenvalue weighted by atomic mass is 10.1. The van der Waals surface area contributed by atoms with E-state index in [9.17, 15) is 76.3 Å². The average molecular weight is 1940 g/mol. The van der Waals surface area contributed by atoms with Crippen molar-refractivity contribution in [2.45, 2.75) is 91.7 Å². The molecule has 4 aliphatic rings. The zero-order valence-electron chi connectivity index (χ0n) is 77.8. The number of hydrogen-bond donors (Lipinski definition) is 3. The first-order chi connectivity index (χ1) is 67.9. The molecule has 0 spiro atoms. The summed E-state index contributed by atoms with van der Waals surface area (Å²) in [5.41, 5.74) is 9.87.